The van der Waals surface area contributed by atoms with Crippen molar-refractivity contribution in [2.24, 2.45) is 0 Å². The maximum absolute atomic E-state index is 12.8. The number of anilines is 1. The van der Waals surface area contributed by atoms with Crippen LogP contribution in [0.1, 0.15) is 43.7 Å². The Morgan fingerprint density at radius 3 is 2.82 bits per heavy atom. The molecule has 2 aromatic carbocycles. The molecule has 0 saturated carbocycles. The number of carbonyl (C=O) groups is 2. The number of carbonyl (C=O) groups excluding carboxylic acids is 2. The lowest BCUT2D eigenvalue weighted by atomic mass is 10.1. The summed E-state index contributed by atoms with van der Waals surface area (Å²) < 4.78 is 11.3. The van der Waals surface area contributed by atoms with Crippen molar-refractivity contribution in [1.82, 2.24) is 4.90 Å². The fourth-order valence-electron chi connectivity index (χ4n) is 3.74. The molecule has 8 heteroatoms. The molecule has 0 radical (unpaired) electrons. The fraction of sp³-hybridized carbons (Fsp3) is 0.320. The Labute approximate surface area is 203 Å². The number of aryl methyl sites for hydroxylation is 1. The lowest BCUT2D eigenvalue weighted by Gasteiger charge is -2.14. The minimum Gasteiger partial charge on any atom is -0.454 e. The summed E-state index contributed by atoms with van der Waals surface area (Å²) in [6, 6.07) is 13.5. The van der Waals surface area contributed by atoms with E-state index < -0.39 is 0 Å². The number of nitrogens with one attached hydrogen (secondary N) is 1. The van der Waals surface area contributed by atoms with E-state index in [2.05, 4.69) is 12.2 Å². The lowest BCUT2D eigenvalue weighted by molar-refractivity contribution is -0.122. The number of para-hydroxylation sites is 1. The van der Waals surface area contributed by atoms with Gasteiger partial charge in [0.15, 0.2) is 11.5 Å². The number of hydrogen-bond donors (Lipinski definition) is 1. The molecule has 0 atom stereocenters. The second-order valence-corrected chi connectivity index (χ2v) is 9.49. The minimum atomic E-state index is -0.0726. The average Bonchev–Trinajstić information content (AvgIpc) is 3.38. The zero-order chi connectivity index (χ0) is 23.2. The summed E-state index contributed by atoms with van der Waals surface area (Å²) >= 11 is 6.74. The second-order valence-electron chi connectivity index (χ2n) is 7.82. The van der Waals surface area contributed by atoms with Gasteiger partial charge in [0.25, 0.3) is 5.91 Å². The first-order chi connectivity index (χ1) is 16.0. The quantitative estimate of drug-likeness (QED) is 0.294. The first kappa shape index (κ1) is 23.3. The monoisotopic (exact) mass is 482 g/mol. The van der Waals surface area contributed by atoms with Gasteiger partial charge in [-0.15, -0.1) is 0 Å². The summed E-state index contributed by atoms with van der Waals surface area (Å²) in [5, 5.41) is 3.00. The number of ether oxygens (including phenoxy) is 2. The summed E-state index contributed by atoms with van der Waals surface area (Å²) in [5.74, 6) is 1.34. The second kappa shape index (κ2) is 10.9. The van der Waals surface area contributed by atoms with Crippen LogP contribution < -0.4 is 14.8 Å². The molecule has 2 aliphatic heterocycles. The molecule has 33 heavy (non-hydrogen) atoms. The molecule has 6 nitrogen and oxygen atoms in total. The molecular weight excluding hydrogens is 456 g/mol. The molecule has 2 amide bonds. The maximum atomic E-state index is 12.8. The average molecular weight is 483 g/mol. The maximum Gasteiger partial charge on any atom is 0.266 e. The first-order valence-electron chi connectivity index (χ1n) is 11.1. The van der Waals surface area contributed by atoms with Crippen LogP contribution in [-0.4, -0.2) is 34.4 Å². The molecule has 1 saturated heterocycles. The van der Waals surface area contributed by atoms with E-state index in [-0.39, 0.29) is 18.6 Å². The largest absolute Gasteiger partial charge is 0.454 e. The van der Waals surface area contributed by atoms with Crippen LogP contribution in [-0.2, 0) is 16.0 Å². The molecule has 0 unspecified atom stereocenters. The van der Waals surface area contributed by atoms with Crippen molar-refractivity contribution in [1.29, 1.82) is 0 Å². The molecule has 0 spiro atoms. The molecule has 2 aliphatic rings. The van der Waals surface area contributed by atoms with Crippen LogP contribution in [0.5, 0.6) is 11.5 Å². The highest BCUT2D eigenvalue weighted by Crippen LogP contribution is 2.36. The molecular formula is C25H26N2O4S2. The van der Waals surface area contributed by atoms with Crippen LogP contribution in [0.3, 0.4) is 0 Å². The van der Waals surface area contributed by atoms with E-state index in [0.29, 0.717) is 33.7 Å². The van der Waals surface area contributed by atoms with Gasteiger partial charge in [0.1, 0.15) is 4.32 Å². The van der Waals surface area contributed by atoms with E-state index in [1.54, 1.807) is 4.90 Å². The van der Waals surface area contributed by atoms with Crippen molar-refractivity contribution in [3.63, 3.8) is 0 Å². The van der Waals surface area contributed by atoms with Crippen LogP contribution in [0.15, 0.2) is 47.4 Å². The molecule has 172 valence electrons. The Morgan fingerprint density at radius 1 is 1.15 bits per heavy atom. The van der Waals surface area contributed by atoms with Gasteiger partial charge in [0, 0.05) is 18.7 Å². The van der Waals surface area contributed by atoms with Crippen LogP contribution in [0.2, 0.25) is 0 Å². The van der Waals surface area contributed by atoms with Gasteiger partial charge in [0.2, 0.25) is 12.7 Å². The minimum absolute atomic E-state index is 0.0215. The predicted octanol–water partition coefficient (Wildman–Crippen LogP) is 5.38. The van der Waals surface area contributed by atoms with E-state index in [1.807, 2.05) is 48.5 Å². The van der Waals surface area contributed by atoms with Crippen molar-refractivity contribution in [2.75, 3.05) is 18.7 Å². The van der Waals surface area contributed by atoms with E-state index in [4.69, 9.17) is 21.7 Å². The molecule has 4 rings (SSSR count). The SMILES string of the molecule is CCc1ccccc1NC(=O)CCCCCN1C(=O)C(=Cc2ccc3c(c2)OCO3)SC1=S. The van der Waals surface area contributed by atoms with Crippen LogP contribution >= 0.6 is 24.0 Å². The van der Waals surface area contributed by atoms with E-state index in [0.717, 1.165) is 42.5 Å². The molecule has 0 aromatic heterocycles. The standard InChI is InChI=1S/C25H26N2O4S2/c1-2-18-8-5-6-9-19(18)26-23(28)10-4-3-7-13-27-24(29)22(33-25(27)32)15-17-11-12-20-21(14-17)31-16-30-20/h5-6,8-9,11-12,14-15H,2-4,7,10,13,16H2,1H3,(H,26,28). The summed E-state index contributed by atoms with van der Waals surface area (Å²) in [4.78, 5) is 27.3. The van der Waals surface area contributed by atoms with E-state index >= 15 is 0 Å². The highest BCUT2D eigenvalue weighted by molar-refractivity contribution is 8.26. The third kappa shape index (κ3) is 5.75. The van der Waals surface area contributed by atoms with E-state index in [1.165, 1.54) is 11.8 Å². The Hall–Kier alpha value is -2.84. The molecule has 1 fully saturated rings. The van der Waals surface area contributed by atoms with Crippen molar-refractivity contribution in [3.05, 3.63) is 58.5 Å². The topological polar surface area (TPSA) is 67.9 Å². The van der Waals surface area contributed by atoms with Gasteiger partial charge in [-0.05, 0) is 54.7 Å². The number of thiocarbonyl (C=S) groups is 1. The molecule has 2 heterocycles. The molecule has 2 aromatic rings. The smallest absolute Gasteiger partial charge is 0.266 e. The highest BCUT2D eigenvalue weighted by Gasteiger charge is 2.31. The van der Waals surface area contributed by atoms with Gasteiger partial charge in [-0.3, -0.25) is 14.5 Å². The Balaban J connectivity index is 1.22. The Kier molecular flexibility index (Phi) is 7.67. The zero-order valence-corrected chi connectivity index (χ0v) is 20.1. The van der Waals surface area contributed by atoms with Crippen LogP contribution in [0.4, 0.5) is 5.69 Å². The number of rotatable bonds is 9. The van der Waals surface area contributed by atoms with Crippen molar-refractivity contribution >= 4 is 51.9 Å². The van der Waals surface area contributed by atoms with Gasteiger partial charge in [-0.2, -0.15) is 0 Å². The van der Waals surface area contributed by atoms with Gasteiger partial charge in [-0.1, -0.05) is 61.6 Å². The van der Waals surface area contributed by atoms with Gasteiger partial charge >= 0.3 is 0 Å². The Morgan fingerprint density at radius 2 is 1.97 bits per heavy atom. The van der Waals surface area contributed by atoms with E-state index in [9.17, 15) is 9.59 Å². The number of benzene rings is 2. The molecule has 0 bridgehead atoms. The number of unbranched alkanes of at least 4 members (excludes halogenated alkanes) is 2. The molecule has 1 N–H and O–H groups in total. The number of nitrogens with zero attached hydrogens (tertiary/aromatic N) is 1. The summed E-state index contributed by atoms with van der Waals surface area (Å²) in [6.07, 6.45) is 5.58. The molecule has 0 aliphatic carbocycles. The zero-order valence-electron chi connectivity index (χ0n) is 18.5. The van der Waals surface area contributed by atoms with Crippen molar-refractivity contribution < 1.29 is 19.1 Å². The van der Waals surface area contributed by atoms with Gasteiger partial charge in [0.05, 0.1) is 4.91 Å². The number of hydrogen-bond acceptors (Lipinski definition) is 6. The third-order valence-electron chi connectivity index (χ3n) is 5.53. The normalized spacial score (nSPS) is 16.0. The summed E-state index contributed by atoms with van der Waals surface area (Å²) in [7, 11) is 0. The number of thioether (sulfide) groups is 1. The fourth-order valence-corrected chi connectivity index (χ4v) is 5.05. The van der Waals surface area contributed by atoms with Crippen molar-refractivity contribution in [3.8, 4) is 11.5 Å². The Bertz CT molecular complexity index is 1100. The van der Waals surface area contributed by atoms with Crippen molar-refractivity contribution in [2.45, 2.75) is 39.0 Å². The predicted molar refractivity (Wildman–Crippen MR) is 135 cm³/mol. The van der Waals surface area contributed by atoms with Crippen LogP contribution in [0, 0.1) is 0 Å². The number of fused-ring (bicyclic) bond motifs is 1. The lowest BCUT2D eigenvalue weighted by Crippen LogP contribution is -2.29. The van der Waals surface area contributed by atoms with Gasteiger partial charge < -0.3 is 14.8 Å². The third-order valence-corrected chi connectivity index (χ3v) is 6.90. The van der Waals surface area contributed by atoms with Crippen LogP contribution in [0.25, 0.3) is 6.08 Å². The summed E-state index contributed by atoms with van der Waals surface area (Å²) in [6.45, 7) is 2.85. The summed E-state index contributed by atoms with van der Waals surface area (Å²) in [5.41, 5.74) is 2.89. The number of amides is 2. The van der Waals surface area contributed by atoms with Gasteiger partial charge in [-0.25, -0.2) is 0 Å². The first-order valence-corrected chi connectivity index (χ1v) is 12.3. The highest BCUT2D eigenvalue weighted by atomic mass is 32.2.